The number of aromatic nitrogens is 1. The first-order valence-corrected chi connectivity index (χ1v) is 8.49. The zero-order valence-electron chi connectivity index (χ0n) is 13.5. The molecule has 0 unspecified atom stereocenters. The standard InChI is InChI=1S/C18H25N3O/c1-21(2)16-15(4-3-5-19-16)17(22)20-18-9-12-6-13(10-18)8-14(7-12)11-18/h3-5,12-14H,6-11H2,1-2H3,(H,20,22). The molecule has 1 aromatic heterocycles. The SMILES string of the molecule is CN(C)c1ncccc1C(=O)NC12CC3CC(CC(C3)C1)C2. The van der Waals surface area contributed by atoms with Crippen LogP contribution >= 0.6 is 0 Å². The molecule has 1 heterocycles. The van der Waals surface area contributed by atoms with E-state index in [0.717, 1.165) is 23.6 Å². The summed E-state index contributed by atoms with van der Waals surface area (Å²) < 4.78 is 0. The normalized spacial score (nSPS) is 35.5. The summed E-state index contributed by atoms with van der Waals surface area (Å²) in [6, 6.07) is 3.74. The van der Waals surface area contributed by atoms with Gasteiger partial charge in [0.25, 0.3) is 5.91 Å². The summed E-state index contributed by atoms with van der Waals surface area (Å²) in [4.78, 5) is 19.1. The van der Waals surface area contributed by atoms with E-state index in [1.165, 1.54) is 38.5 Å². The predicted molar refractivity (Wildman–Crippen MR) is 86.9 cm³/mol. The Kier molecular flexibility index (Phi) is 3.17. The first-order valence-electron chi connectivity index (χ1n) is 8.49. The van der Waals surface area contributed by atoms with Crippen molar-refractivity contribution in [1.82, 2.24) is 10.3 Å². The maximum atomic E-state index is 12.9. The van der Waals surface area contributed by atoms with Crippen molar-refractivity contribution in [1.29, 1.82) is 0 Å². The molecule has 1 aromatic rings. The van der Waals surface area contributed by atoms with Crippen LogP contribution in [0.25, 0.3) is 0 Å². The fourth-order valence-corrected chi connectivity index (χ4v) is 5.50. The van der Waals surface area contributed by atoms with E-state index in [0.29, 0.717) is 5.56 Å². The molecule has 4 aliphatic carbocycles. The zero-order chi connectivity index (χ0) is 15.3. The number of hydrogen-bond acceptors (Lipinski definition) is 3. The number of nitrogens with zero attached hydrogens (tertiary/aromatic N) is 2. The minimum Gasteiger partial charge on any atom is -0.362 e. The van der Waals surface area contributed by atoms with Gasteiger partial charge in [0.15, 0.2) is 0 Å². The summed E-state index contributed by atoms with van der Waals surface area (Å²) in [6.45, 7) is 0. The van der Waals surface area contributed by atoms with E-state index >= 15 is 0 Å². The third-order valence-corrected chi connectivity index (χ3v) is 5.87. The molecule has 5 rings (SSSR count). The van der Waals surface area contributed by atoms with Gasteiger partial charge >= 0.3 is 0 Å². The fraction of sp³-hybridized carbons (Fsp3) is 0.667. The van der Waals surface area contributed by atoms with Crippen molar-refractivity contribution in [3.63, 3.8) is 0 Å². The molecule has 0 aliphatic heterocycles. The Morgan fingerprint density at radius 1 is 1.18 bits per heavy atom. The molecule has 4 bridgehead atoms. The molecule has 4 nitrogen and oxygen atoms in total. The number of anilines is 1. The summed E-state index contributed by atoms with van der Waals surface area (Å²) in [5, 5.41) is 3.43. The summed E-state index contributed by atoms with van der Waals surface area (Å²) in [7, 11) is 3.87. The highest BCUT2D eigenvalue weighted by molar-refractivity contribution is 5.99. The number of carbonyl (C=O) groups excluding carboxylic acids is 1. The monoisotopic (exact) mass is 299 g/mol. The second kappa shape index (κ2) is 4.97. The average Bonchev–Trinajstić information content (AvgIpc) is 2.45. The molecule has 1 amide bonds. The molecule has 0 radical (unpaired) electrons. The van der Waals surface area contributed by atoms with Gasteiger partial charge < -0.3 is 10.2 Å². The summed E-state index contributed by atoms with van der Waals surface area (Å²) in [5.74, 6) is 3.33. The lowest BCUT2D eigenvalue weighted by Crippen LogP contribution is -2.59. The minimum atomic E-state index is 0.0544. The van der Waals surface area contributed by atoms with Crippen LogP contribution in [0.3, 0.4) is 0 Å². The molecule has 118 valence electrons. The third-order valence-electron chi connectivity index (χ3n) is 5.87. The molecule has 1 N–H and O–H groups in total. The summed E-state index contributed by atoms with van der Waals surface area (Å²) >= 11 is 0. The fourth-order valence-electron chi connectivity index (χ4n) is 5.50. The first kappa shape index (κ1) is 14.0. The van der Waals surface area contributed by atoms with Crippen LogP contribution in [-0.2, 0) is 0 Å². The van der Waals surface area contributed by atoms with Crippen LogP contribution in [0.15, 0.2) is 18.3 Å². The molecular weight excluding hydrogens is 274 g/mol. The molecule has 4 fully saturated rings. The molecular formula is C18H25N3O. The molecule has 4 heteroatoms. The Bertz CT molecular complexity index is 560. The Hall–Kier alpha value is -1.58. The second-order valence-electron chi connectivity index (χ2n) is 7.92. The summed E-state index contributed by atoms with van der Waals surface area (Å²) in [6.07, 6.45) is 9.48. The molecule has 0 atom stereocenters. The van der Waals surface area contributed by atoms with Gasteiger partial charge in [-0.25, -0.2) is 4.98 Å². The highest BCUT2D eigenvalue weighted by atomic mass is 16.1. The van der Waals surface area contributed by atoms with Gasteiger partial charge in [-0.1, -0.05) is 0 Å². The van der Waals surface area contributed by atoms with Crippen LogP contribution in [0.1, 0.15) is 48.9 Å². The van der Waals surface area contributed by atoms with Crippen molar-refractivity contribution in [2.45, 2.75) is 44.1 Å². The lowest BCUT2D eigenvalue weighted by Gasteiger charge is -2.56. The van der Waals surface area contributed by atoms with Crippen molar-refractivity contribution < 1.29 is 4.79 Å². The van der Waals surface area contributed by atoms with Crippen LogP contribution in [0.4, 0.5) is 5.82 Å². The maximum absolute atomic E-state index is 12.9. The van der Waals surface area contributed by atoms with Crippen molar-refractivity contribution >= 4 is 11.7 Å². The number of carbonyl (C=O) groups is 1. The molecule has 4 aliphatic rings. The lowest BCUT2D eigenvalue weighted by molar-refractivity contribution is -0.0166. The van der Waals surface area contributed by atoms with Gasteiger partial charge in [-0.05, 0) is 68.4 Å². The van der Waals surface area contributed by atoms with E-state index in [2.05, 4.69) is 10.3 Å². The molecule has 0 spiro atoms. The van der Waals surface area contributed by atoms with Gasteiger partial charge in [-0.15, -0.1) is 0 Å². The smallest absolute Gasteiger partial charge is 0.255 e. The quantitative estimate of drug-likeness (QED) is 0.933. The van der Waals surface area contributed by atoms with Gasteiger partial charge in [0.1, 0.15) is 5.82 Å². The first-order chi connectivity index (χ1) is 10.5. The molecule has 22 heavy (non-hydrogen) atoms. The Labute approximate surface area is 132 Å². The van der Waals surface area contributed by atoms with Crippen LogP contribution in [0, 0.1) is 17.8 Å². The van der Waals surface area contributed by atoms with Crippen molar-refractivity contribution in [2.75, 3.05) is 19.0 Å². The van der Waals surface area contributed by atoms with Crippen LogP contribution in [0.5, 0.6) is 0 Å². The van der Waals surface area contributed by atoms with E-state index in [1.807, 2.05) is 31.1 Å². The molecule has 0 aromatic carbocycles. The Morgan fingerprint density at radius 2 is 1.77 bits per heavy atom. The number of amides is 1. The van der Waals surface area contributed by atoms with E-state index in [1.54, 1.807) is 6.20 Å². The van der Waals surface area contributed by atoms with Gasteiger partial charge in [-0.2, -0.15) is 0 Å². The topological polar surface area (TPSA) is 45.2 Å². The lowest BCUT2D eigenvalue weighted by atomic mass is 9.53. The number of nitrogens with one attached hydrogen (secondary N) is 1. The molecule has 4 saturated carbocycles. The predicted octanol–water partition coefficient (Wildman–Crippen LogP) is 2.85. The van der Waals surface area contributed by atoms with Crippen molar-refractivity contribution in [3.05, 3.63) is 23.9 Å². The van der Waals surface area contributed by atoms with Gasteiger partial charge in [0.2, 0.25) is 0 Å². The number of hydrogen-bond donors (Lipinski definition) is 1. The zero-order valence-corrected chi connectivity index (χ0v) is 13.5. The second-order valence-corrected chi connectivity index (χ2v) is 7.92. The highest BCUT2D eigenvalue weighted by Gasteiger charge is 2.51. The maximum Gasteiger partial charge on any atom is 0.255 e. The van der Waals surface area contributed by atoms with Crippen molar-refractivity contribution in [2.24, 2.45) is 17.8 Å². The Morgan fingerprint density at radius 3 is 2.32 bits per heavy atom. The number of rotatable bonds is 3. The van der Waals surface area contributed by atoms with Crippen LogP contribution in [-0.4, -0.2) is 30.5 Å². The van der Waals surface area contributed by atoms with E-state index in [-0.39, 0.29) is 11.4 Å². The van der Waals surface area contributed by atoms with Crippen molar-refractivity contribution in [3.8, 4) is 0 Å². The average molecular weight is 299 g/mol. The summed E-state index contributed by atoms with van der Waals surface area (Å²) in [5.41, 5.74) is 0.758. The minimum absolute atomic E-state index is 0.0544. The van der Waals surface area contributed by atoms with Crippen LogP contribution < -0.4 is 10.2 Å². The van der Waals surface area contributed by atoms with Crippen LogP contribution in [0.2, 0.25) is 0 Å². The van der Waals surface area contributed by atoms with E-state index in [9.17, 15) is 4.79 Å². The van der Waals surface area contributed by atoms with E-state index in [4.69, 9.17) is 0 Å². The highest BCUT2D eigenvalue weighted by Crippen LogP contribution is 2.55. The van der Waals surface area contributed by atoms with Gasteiger partial charge in [0.05, 0.1) is 5.56 Å². The van der Waals surface area contributed by atoms with Gasteiger partial charge in [-0.3, -0.25) is 4.79 Å². The molecule has 0 saturated heterocycles. The Balaban J connectivity index is 1.58. The third kappa shape index (κ3) is 2.29. The van der Waals surface area contributed by atoms with Gasteiger partial charge in [0, 0.05) is 25.8 Å². The van der Waals surface area contributed by atoms with E-state index < -0.39 is 0 Å². The largest absolute Gasteiger partial charge is 0.362 e. The number of pyridine rings is 1.